The van der Waals surface area contributed by atoms with Crippen molar-refractivity contribution >= 4 is 5.97 Å². The van der Waals surface area contributed by atoms with Gasteiger partial charge in [0, 0.05) is 6.42 Å². The fraction of sp³-hybridized carbons (Fsp3) is 0.462. The maximum Gasteiger partial charge on any atom is 0.305 e. The molecule has 0 spiro atoms. The minimum absolute atomic E-state index is 0.150. The van der Waals surface area contributed by atoms with E-state index in [0.717, 1.165) is 6.42 Å². The van der Waals surface area contributed by atoms with Crippen molar-refractivity contribution in [2.75, 3.05) is 7.11 Å². The van der Waals surface area contributed by atoms with Crippen LogP contribution in [0.15, 0.2) is 24.3 Å². The maximum absolute atomic E-state index is 10.9. The Hall–Kier alpha value is -1.31. The molecule has 0 unspecified atom stereocenters. The lowest BCUT2D eigenvalue weighted by Gasteiger charge is -2.06. The highest BCUT2D eigenvalue weighted by molar-refractivity contribution is 5.69. The van der Waals surface area contributed by atoms with Crippen LogP contribution in [-0.2, 0) is 16.0 Å². The van der Waals surface area contributed by atoms with Gasteiger partial charge in [-0.1, -0.05) is 38.1 Å². The molecular formula is C13H18O2. The van der Waals surface area contributed by atoms with Gasteiger partial charge in [0.1, 0.15) is 0 Å². The molecule has 0 aliphatic heterocycles. The van der Waals surface area contributed by atoms with Crippen molar-refractivity contribution in [2.45, 2.75) is 32.6 Å². The predicted molar refractivity (Wildman–Crippen MR) is 60.9 cm³/mol. The molecule has 0 aliphatic rings. The third-order valence-electron chi connectivity index (χ3n) is 2.49. The molecule has 1 aromatic rings. The summed E-state index contributed by atoms with van der Waals surface area (Å²) in [6.07, 6.45) is 1.21. The Balaban J connectivity index is 2.53. The number of ether oxygens (including phenoxy) is 1. The van der Waals surface area contributed by atoms with Crippen molar-refractivity contribution in [3.63, 3.8) is 0 Å². The standard InChI is InChI=1S/C13H18O2/c1-10(2)12-7-4-11(5-8-12)6-9-13(14)15-3/h4-5,7-8,10H,6,9H2,1-3H3. The van der Waals surface area contributed by atoms with Crippen molar-refractivity contribution in [3.8, 4) is 0 Å². The van der Waals surface area contributed by atoms with Crippen LogP contribution in [0.1, 0.15) is 37.3 Å². The first-order valence-electron chi connectivity index (χ1n) is 5.29. The lowest BCUT2D eigenvalue weighted by Crippen LogP contribution is -2.01. The Morgan fingerprint density at radius 3 is 2.33 bits per heavy atom. The minimum atomic E-state index is -0.150. The van der Waals surface area contributed by atoms with E-state index < -0.39 is 0 Å². The van der Waals surface area contributed by atoms with Gasteiger partial charge in [-0.2, -0.15) is 0 Å². The molecule has 0 aromatic heterocycles. The number of aryl methyl sites for hydroxylation is 1. The zero-order valence-electron chi connectivity index (χ0n) is 9.62. The van der Waals surface area contributed by atoms with Gasteiger partial charge in [0.2, 0.25) is 0 Å². The Bertz CT molecular complexity index is 312. The Morgan fingerprint density at radius 2 is 1.87 bits per heavy atom. The van der Waals surface area contributed by atoms with Crippen LogP contribution in [0.25, 0.3) is 0 Å². The molecule has 0 fully saturated rings. The summed E-state index contributed by atoms with van der Waals surface area (Å²) in [4.78, 5) is 10.9. The van der Waals surface area contributed by atoms with Gasteiger partial charge < -0.3 is 4.74 Å². The van der Waals surface area contributed by atoms with Gasteiger partial charge in [-0.05, 0) is 23.5 Å². The second-order valence-corrected chi connectivity index (χ2v) is 3.97. The van der Waals surface area contributed by atoms with Crippen molar-refractivity contribution in [2.24, 2.45) is 0 Å². The van der Waals surface area contributed by atoms with Crippen LogP contribution < -0.4 is 0 Å². The molecule has 0 saturated carbocycles. The first-order chi connectivity index (χ1) is 7.13. The molecule has 1 rings (SSSR count). The summed E-state index contributed by atoms with van der Waals surface area (Å²) in [5, 5.41) is 0. The van der Waals surface area contributed by atoms with Crippen molar-refractivity contribution in [1.82, 2.24) is 0 Å². The predicted octanol–water partition coefficient (Wildman–Crippen LogP) is 2.92. The molecule has 15 heavy (non-hydrogen) atoms. The van der Waals surface area contributed by atoms with E-state index in [4.69, 9.17) is 0 Å². The number of benzene rings is 1. The monoisotopic (exact) mass is 206 g/mol. The number of methoxy groups -OCH3 is 1. The van der Waals surface area contributed by atoms with Gasteiger partial charge in [0.25, 0.3) is 0 Å². The van der Waals surface area contributed by atoms with E-state index in [0.29, 0.717) is 12.3 Å². The molecule has 0 atom stereocenters. The minimum Gasteiger partial charge on any atom is -0.469 e. The number of carbonyl (C=O) groups is 1. The highest BCUT2D eigenvalue weighted by Crippen LogP contribution is 2.15. The van der Waals surface area contributed by atoms with Crippen LogP contribution in [0, 0.1) is 0 Å². The topological polar surface area (TPSA) is 26.3 Å². The zero-order valence-corrected chi connectivity index (χ0v) is 9.62. The fourth-order valence-corrected chi connectivity index (χ4v) is 1.42. The van der Waals surface area contributed by atoms with Gasteiger partial charge in [-0.25, -0.2) is 0 Å². The molecule has 0 heterocycles. The zero-order chi connectivity index (χ0) is 11.3. The Kier molecular flexibility index (Phi) is 4.35. The molecule has 2 nitrogen and oxygen atoms in total. The van der Waals surface area contributed by atoms with Crippen LogP contribution >= 0.6 is 0 Å². The quantitative estimate of drug-likeness (QED) is 0.708. The average Bonchev–Trinajstić information content (AvgIpc) is 2.26. The Morgan fingerprint density at radius 1 is 1.27 bits per heavy atom. The fourth-order valence-electron chi connectivity index (χ4n) is 1.42. The largest absolute Gasteiger partial charge is 0.469 e. The van der Waals surface area contributed by atoms with E-state index in [-0.39, 0.29) is 5.97 Å². The second kappa shape index (κ2) is 5.54. The van der Waals surface area contributed by atoms with Gasteiger partial charge in [0.05, 0.1) is 7.11 Å². The summed E-state index contributed by atoms with van der Waals surface area (Å²) in [7, 11) is 1.42. The normalized spacial score (nSPS) is 10.4. The Labute approximate surface area is 91.3 Å². The summed E-state index contributed by atoms with van der Waals surface area (Å²) in [6.45, 7) is 4.34. The second-order valence-electron chi connectivity index (χ2n) is 3.97. The molecule has 0 amide bonds. The highest BCUT2D eigenvalue weighted by Gasteiger charge is 2.02. The number of rotatable bonds is 4. The lowest BCUT2D eigenvalue weighted by atomic mass is 10.0. The molecule has 2 heteroatoms. The smallest absolute Gasteiger partial charge is 0.305 e. The lowest BCUT2D eigenvalue weighted by molar-refractivity contribution is -0.140. The highest BCUT2D eigenvalue weighted by atomic mass is 16.5. The summed E-state index contributed by atoms with van der Waals surface area (Å²) in [5.41, 5.74) is 2.52. The van der Waals surface area contributed by atoms with E-state index in [1.54, 1.807) is 0 Å². The van der Waals surface area contributed by atoms with Gasteiger partial charge >= 0.3 is 5.97 Å². The molecule has 0 saturated heterocycles. The third-order valence-corrected chi connectivity index (χ3v) is 2.49. The molecule has 0 radical (unpaired) electrons. The van der Waals surface area contributed by atoms with Crippen molar-refractivity contribution < 1.29 is 9.53 Å². The summed E-state index contributed by atoms with van der Waals surface area (Å²) in [6, 6.07) is 8.41. The molecule has 0 bridgehead atoms. The first-order valence-corrected chi connectivity index (χ1v) is 5.29. The number of hydrogen-bond donors (Lipinski definition) is 0. The van der Waals surface area contributed by atoms with Crippen molar-refractivity contribution in [3.05, 3.63) is 35.4 Å². The number of carbonyl (C=O) groups excluding carboxylic acids is 1. The first kappa shape index (κ1) is 11.8. The van der Waals surface area contributed by atoms with E-state index in [2.05, 4.69) is 42.8 Å². The van der Waals surface area contributed by atoms with E-state index in [1.807, 2.05) is 0 Å². The van der Waals surface area contributed by atoms with Crippen LogP contribution in [0.3, 0.4) is 0 Å². The molecule has 82 valence electrons. The van der Waals surface area contributed by atoms with E-state index in [1.165, 1.54) is 18.2 Å². The van der Waals surface area contributed by atoms with Crippen LogP contribution in [0.4, 0.5) is 0 Å². The molecule has 0 N–H and O–H groups in total. The van der Waals surface area contributed by atoms with Crippen LogP contribution in [0.2, 0.25) is 0 Å². The maximum atomic E-state index is 10.9. The number of esters is 1. The molecule has 0 aliphatic carbocycles. The molecule has 1 aromatic carbocycles. The molecular weight excluding hydrogens is 188 g/mol. The average molecular weight is 206 g/mol. The summed E-state index contributed by atoms with van der Waals surface area (Å²) < 4.78 is 4.59. The van der Waals surface area contributed by atoms with E-state index in [9.17, 15) is 4.79 Å². The van der Waals surface area contributed by atoms with Crippen LogP contribution in [-0.4, -0.2) is 13.1 Å². The van der Waals surface area contributed by atoms with E-state index >= 15 is 0 Å². The third kappa shape index (κ3) is 3.74. The van der Waals surface area contributed by atoms with Gasteiger partial charge in [-0.15, -0.1) is 0 Å². The van der Waals surface area contributed by atoms with Gasteiger partial charge in [-0.3, -0.25) is 4.79 Å². The van der Waals surface area contributed by atoms with Gasteiger partial charge in [0.15, 0.2) is 0 Å². The SMILES string of the molecule is COC(=O)CCc1ccc(C(C)C)cc1. The van der Waals surface area contributed by atoms with Crippen molar-refractivity contribution in [1.29, 1.82) is 0 Å². The summed E-state index contributed by atoms with van der Waals surface area (Å²) in [5.74, 6) is 0.405. The van der Waals surface area contributed by atoms with Crippen LogP contribution in [0.5, 0.6) is 0 Å². The summed E-state index contributed by atoms with van der Waals surface area (Å²) >= 11 is 0. The number of hydrogen-bond acceptors (Lipinski definition) is 2.